The van der Waals surface area contributed by atoms with E-state index in [4.69, 9.17) is 27.2 Å². The van der Waals surface area contributed by atoms with Gasteiger partial charge in [-0.1, -0.05) is 25.4 Å². The van der Waals surface area contributed by atoms with Gasteiger partial charge in [-0.15, -0.1) is 0 Å². The number of nitrogen functional groups attached to an aromatic ring is 1. The van der Waals surface area contributed by atoms with Gasteiger partial charge in [0.2, 0.25) is 0 Å². The number of phenolic OH excluding ortho intramolecular Hbond substituents is 1. The summed E-state index contributed by atoms with van der Waals surface area (Å²) in [6, 6.07) is 4.83. The Labute approximate surface area is 224 Å². The highest BCUT2D eigenvalue weighted by Gasteiger charge is 2.18. The Balaban J connectivity index is 0.000000329. The van der Waals surface area contributed by atoms with Gasteiger partial charge in [0.15, 0.2) is 0 Å². The van der Waals surface area contributed by atoms with Gasteiger partial charge in [-0.2, -0.15) is 0 Å². The second kappa shape index (κ2) is 17.7. The van der Waals surface area contributed by atoms with Crippen LogP contribution >= 0.6 is 11.6 Å². The Kier molecular flexibility index (Phi) is 15.5. The standard InChI is InChI=1S/C14H16ClN3O.C9H18N2O2.C3H7FO/c1-3-11-13(17-12(4-2)14(16)18-11)9-6-5-8(19)7-10(9)15;1-10(2)7-8-13-9(12)11-5-3-4-6-11;4-2-1-3-5/h5-7,19H,3-4H2,1-2H3,(H2,16,18);3-8H2,1-2H3;5H,1-3H2. The van der Waals surface area contributed by atoms with Crippen LogP contribution < -0.4 is 5.73 Å². The van der Waals surface area contributed by atoms with Gasteiger partial charge in [-0.3, -0.25) is 4.39 Å². The van der Waals surface area contributed by atoms with E-state index < -0.39 is 6.67 Å². The van der Waals surface area contributed by atoms with Crippen LogP contribution in [-0.4, -0.2) is 89.7 Å². The van der Waals surface area contributed by atoms with E-state index in [1.54, 1.807) is 17.0 Å². The number of nitrogens with two attached hydrogens (primary N) is 1. The van der Waals surface area contributed by atoms with Gasteiger partial charge in [-0.25, -0.2) is 14.8 Å². The van der Waals surface area contributed by atoms with E-state index in [1.165, 1.54) is 6.07 Å². The van der Waals surface area contributed by atoms with Gasteiger partial charge in [0.25, 0.3) is 0 Å². The first kappa shape index (κ1) is 32.3. The first-order valence-electron chi connectivity index (χ1n) is 12.6. The van der Waals surface area contributed by atoms with E-state index in [1.807, 2.05) is 32.8 Å². The number of amides is 1. The van der Waals surface area contributed by atoms with Crippen molar-refractivity contribution in [3.63, 3.8) is 0 Å². The number of alkyl halides is 1. The number of phenols is 1. The van der Waals surface area contributed by atoms with Gasteiger partial charge < -0.3 is 30.5 Å². The van der Waals surface area contributed by atoms with Crippen molar-refractivity contribution in [3.8, 4) is 17.0 Å². The molecule has 4 N–H and O–H groups in total. The largest absolute Gasteiger partial charge is 0.508 e. The zero-order valence-corrected chi connectivity index (χ0v) is 23.1. The molecule has 0 atom stereocenters. The fraction of sp³-hybridized carbons (Fsp3) is 0.577. The first-order chi connectivity index (χ1) is 17.7. The number of halogens is 2. The van der Waals surface area contributed by atoms with Crippen LogP contribution in [0.4, 0.5) is 15.0 Å². The third kappa shape index (κ3) is 11.5. The molecule has 9 nitrogen and oxygen atoms in total. The number of aliphatic hydroxyl groups is 1. The van der Waals surface area contributed by atoms with Crippen molar-refractivity contribution in [2.75, 3.05) is 59.4 Å². The summed E-state index contributed by atoms with van der Waals surface area (Å²) in [6.07, 6.45) is 3.78. The molecule has 1 aliphatic rings. The molecule has 2 aromatic rings. The Bertz CT molecular complexity index is 957. The molecular weight excluding hydrogens is 501 g/mol. The van der Waals surface area contributed by atoms with Crippen LogP contribution in [0.15, 0.2) is 18.2 Å². The summed E-state index contributed by atoms with van der Waals surface area (Å²) in [5.74, 6) is 0.601. The fourth-order valence-electron chi connectivity index (χ4n) is 3.30. The summed E-state index contributed by atoms with van der Waals surface area (Å²) in [4.78, 5) is 24.0. The number of benzene rings is 1. The van der Waals surface area contributed by atoms with Gasteiger partial charge in [0, 0.05) is 31.8 Å². The first-order valence-corrected chi connectivity index (χ1v) is 12.9. The van der Waals surface area contributed by atoms with Crippen molar-refractivity contribution < 1.29 is 24.1 Å². The summed E-state index contributed by atoms with van der Waals surface area (Å²) in [7, 11) is 3.92. The van der Waals surface area contributed by atoms with Gasteiger partial charge in [0.1, 0.15) is 18.2 Å². The molecule has 37 heavy (non-hydrogen) atoms. The third-order valence-corrected chi connectivity index (χ3v) is 5.68. The molecule has 0 aliphatic carbocycles. The Morgan fingerprint density at radius 3 is 2.32 bits per heavy atom. The molecule has 0 unspecified atom stereocenters. The number of aliphatic hydroxyl groups excluding tert-OH is 1. The minimum absolute atomic E-state index is 0.0312. The molecule has 0 spiro atoms. The molecule has 1 aliphatic heterocycles. The lowest BCUT2D eigenvalue weighted by molar-refractivity contribution is 0.104. The number of hydrogen-bond acceptors (Lipinski definition) is 8. The molecule has 0 radical (unpaired) electrons. The number of anilines is 1. The average molecular weight is 542 g/mol. The van der Waals surface area contributed by atoms with Crippen molar-refractivity contribution in [2.45, 2.75) is 46.0 Å². The number of carbonyl (C=O) groups is 1. The topological polar surface area (TPSA) is 125 Å². The lowest BCUT2D eigenvalue weighted by atomic mass is 10.1. The molecule has 1 saturated heterocycles. The number of aromatic nitrogens is 2. The fourth-order valence-corrected chi connectivity index (χ4v) is 3.57. The zero-order chi connectivity index (χ0) is 27.8. The average Bonchev–Trinajstić information content (AvgIpc) is 3.40. The van der Waals surface area contributed by atoms with Gasteiger partial charge in [0.05, 0.1) is 28.8 Å². The van der Waals surface area contributed by atoms with E-state index in [0.29, 0.717) is 30.3 Å². The number of rotatable bonds is 8. The third-order valence-electron chi connectivity index (χ3n) is 5.37. The van der Waals surface area contributed by atoms with Crippen molar-refractivity contribution in [1.29, 1.82) is 0 Å². The van der Waals surface area contributed by atoms with Crippen molar-refractivity contribution >= 4 is 23.5 Å². The molecule has 1 aromatic carbocycles. The summed E-state index contributed by atoms with van der Waals surface area (Å²) in [5, 5.41) is 17.7. The van der Waals surface area contributed by atoms with E-state index in [9.17, 15) is 14.3 Å². The highest BCUT2D eigenvalue weighted by molar-refractivity contribution is 6.33. The maximum absolute atomic E-state index is 11.3. The number of nitrogens with zero attached hydrogens (tertiary/aromatic N) is 4. The van der Waals surface area contributed by atoms with Crippen LogP contribution in [-0.2, 0) is 17.6 Å². The molecule has 1 fully saturated rings. The summed E-state index contributed by atoms with van der Waals surface area (Å²) >= 11 is 6.17. The number of likely N-dealkylation sites (N-methyl/N-ethyl adjacent to an activating group) is 1. The predicted molar refractivity (Wildman–Crippen MR) is 146 cm³/mol. The molecule has 2 heterocycles. The quantitative estimate of drug-likeness (QED) is 0.451. The van der Waals surface area contributed by atoms with Crippen molar-refractivity contribution in [1.82, 2.24) is 19.8 Å². The van der Waals surface area contributed by atoms with Gasteiger partial charge in [-0.05, 0) is 64.4 Å². The van der Waals surface area contributed by atoms with Crippen LogP contribution in [0.5, 0.6) is 5.75 Å². The smallest absolute Gasteiger partial charge is 0.409 e. The van der Waals surface area contributed by atoms with Crippen LogP contribution in [0.1, 0.15) is 44.5 Å². The molecule has 11 heteroatoms. The van der Waals surface area contributed by atoms with Gasteiger partial charge >= 0.3 is 6.09 Å². The number of aryl methyl sites for hydroxylation is 2. The molecular formula is C26H41ClFN5O4. The predicted octanol–water partition coefficient (Wildman–Crippen LogP) is 4.33. The van der Waals surface area contributed by atoms with Crippen LogP contribution in [0.3, 0.4) is 0 Å². The number of ether oxygens (including phenoxy) is 1. The number of carbonyl (C=O) groups excluding carboxylic acids is 1. The summed E-state index contributed by atoms with van der Waals surface area (Å²) in [6.45, 7) is 6.54. The second-order valence-electron chi connectivity index (χ2n) is 8.60. The molecule has 208 valence electrons. The maximum atomic E-state index is 11.3. The Morgan fingerprint density at radius 1 is 1.19 bits per heavy atom. The number of aromatic hydroxyl groups is 1. The number of likely N-dealkylation sites (tertiary alicyclic amines) is 1. The Hall–Kier alpha value is -2.69. The van der Waals surface area contributed by atoms with Crippen LogP contribution in [0, 0.1) is 0 Å². The lowest BCUT2D eigenvalue weighted by Gasteiger charge is -2.16. The highest BCUT2D eigenvalue weighted by Crippen LogP contribution is 2.32. The highest BCUT2D eigenvalue weighted by atomic mass is 35.5. The summed E-state index contributed by atoms with van der Waals surface area (Å²) < 4.78 is 15.9. The molecule has 3 rings (SSSR count). The minimum atomic E-state index is -0.406. The van der Waals surface area contributed by atoms with E-state index in [0.717, 1.165) is 55.1 Å². The SMILES string of the molecule is CCc1nc(-c2ccc(O)cc2Cl)c(CC)nc1N.CN(C)CCOC(=O)N1CCCC1.OCCCF. The molecule has 0 saturated carbocycles. The minimum Gasteiger partial charge on any atom is -0.508 e. The van der Waals surface area contributed by atoms with Crippen LogP contribution in [0.2, 0.25) is 5.02 Å². The second-order valence-corrected chi connectivity index (χ2v) is 9.01. The zero-order valence-electron chi connectivity index (χ0n) is 22.3. The molecule has 1 aromatic heterocycles. The lowest BCUT2D eigenvalue weighted by Crippen LogP contribution is -2.30. The normalized spacial score (nSPS) is 12.5. The Morgan fingerprint density at radius 2 is 1.84 bits per heavy atom. The molecule has 1 amide bonds. The van der Waals surface area contributed by atoms with Crippen molar-refractivity contribution in [2.24, 2.45) is 0 Å². The van der Waals surface area contributed by atoms with E-state index >= 15 is 0 Å². The number of hydrogen-bond donors (Lipinski definition) is 3. The summed E-state index contributed by atoms with van der Waals surface area (Å²) in [5.41, 5.74) is 8.94. The van der Waals surface area contributed by atoms with E-state index in [2.05, 4.69) is 9.97 Å². The monoisotopic (exact) mass is 541 g/mol. The van der Waals surface area contributed by atoms with Crippen molar-refractivity contribution in [3.05, 3.63) is 34.6 Å². The van der Waals surface area contributed by atoms with Crippen LogP contribution in [0.25, 0.3) is 11.3 Å². The van der Waals surface area contributed by atoms with E-state index in [-0.39, 0.29) is 24.9 Å². The maximum Gasteiger partial charge on any atom is 0.409 e. The molecule has 0 bridgehead atoms.